The van der Waals surface area contributed by atoms with Crippen LogP contribution >= 0.6 is 11.6 Å². The summed E-state index contributed by atoms with van der Waals surface area (Å²) >= 11 is 6.34. The first-order valence-corrected chi connectivity index (χ1v) is 8.56. The van der Waals surface area contributed by atoms with Gasteiger partial charge in [-0.3, -0.25) is 0 Å². The SMILES string of the molecule is CCOC(=O)c1coc2c1/C(=N\N=C(N)N)CC(c1ccccc1Cl)C2. The van der Waals surface area contributed by atoms with Crippen LogP contribution in [0.5, 0.6) is 0 Å². The predicted octanol–water partition coefficient (Wildman–Crippen LogP) is 2.82. The number of carbonyl (C=O) groups excluding carboxylic acids is 1. The minimum absolute atomic E-state index is 0.0327. The molecule has 7 nitrogen and oxygen atoms in total. The highest BCUT2D eigenvalue weighted by molar-refractivity contribution is 6.31. The zero-order valence-corrected chi connectivity index (χ0v) is 15.0. The summed E-state index contributed by atoms with van der Waals surface area (Å²) in [4.78, 5) is 12.2. The number of furan rings is 1. The van der Waals surface area contributed by atoms with Gasteiger partial charge in [0.25, 0.3) is 0 Å². The van der Waals surface area contributed by atoms with Crippen molar-refractivity contribution >= 4 is 29.2 Å². The van der Waals surface area contributed by atoms with E-state index in [1.165, 1.54) is 6.26 Å². The predicted molar refractivity (Wildman–Crippen MR) is 99.5 cm³/mol. The van der Waals surface area contributed by atoms with E-state index in [9.17, 15) is 4.79 Å². The third kappa shape index (κ3) is 3.57. The summed E-state index contributed by atoms with van der Waals surface area (Å²) in [6.07, 6.45) is 2.49. The number of ether oxygens (including phenoxy) is 1. The number of nitrogens with two attached hydrogens (primary N) is 2. The Morgan fingerprint density at radius 3 is 2.81 bits per heavy atom. The monoisotopic (exact) mass is 374 g/mol. The van der Waals surface area contributed by atoms with Crippen LogP contribution in [0.3, 0.4) is 0 Å². The molecule has 1 aromatic heterocycles. The summed E-state index contributed by atoms with van der Waals surface area (Å²) in [5.41, 5.74) is 13.3. The lowest BCUT2D eigenvalue weighted by Crippen LogP contribution is -2.24. The molecule has 0 fully saturated rings. The standard InChI is InChI=1S/C18H19ClN4O3/c1-2-25-17(24)12-9-26-15-8-10(11-5-3-4-6-13(11)19)7-14(16(12)15)22-23-18(20)21/h3-6,9-10H,2,7-8H2,1H3,(H4,20,21,23)/b22-14-. The third-order valence-electron chi connectivity index (χ3n) is 4.15. The van der Waals surface area contributed by atoms with Crippen LogP contribution < -0.4 is 11.5 Å². The molecular weight excluding hydrogens is 356 g/mol. The lowest BCUT2D eigenvalue weighted by atomic mass is 9.81. The molecule has 1 aromatic carbocycles. The van der Waals surface area contributed by atoms with Crippen molar-refractivity contribution in [1.29, 1.82) is 0 Å². The summed E-state index contributed by atoms with van der Waals surface area (Å²) in [5, 5.41) is 8.57. The Morgan fingerprint density at radius 1 is 1.35 bits per heavy atom. The van der Waals surface area contributed by atoms with Crippen LogP contribution in [0.4, 0.5) is 0 Å². The number of carbonyl (C=O) groups is 1. The Bertz CT molecular complexity index is 884. The molecule has 0 aliphatic heterocycles. The number of halogens is 1. The molecule has 0 bridgehead atoms. The lowest BCUT2D eigenvalue weighted by molar-refractivity contribution is 0.0525. The molecule has 1 aliphatic rings. The fraction of sp³-hybridized carbons (Fsp3) is 0.278. The van der Waals surface area contributed by atoms with Crippen molar-refractivity contribution in [1.82, 2.24) is 0 Å². The number of esters is 1. The molecule has 1 unspecified atom stereocenters. The maximum Gasteiger partial charge on any atom is 0.342 e. The normalized spacial score (nSPS) is 17.6. The van der Waals surface area contributed by atoms with E-state index in [0.29, 0.717) is 40.5 Å². The van der Waals surface area contributed by atoms with Gasteiger partial charge < -0.3 is 20.6 Å². The molecule has 1 heterocycles. The minimum atomic E-state index is -0.467. The van der Waals surface area contributed by atoms with Crippen molar-refractivity contribution in [2.45, 2.75) is 25.7 Å². The molecule has 0 saturated heterocycles. The van der Waals surface area contributed by atoms with Gasteiger partial charge in [0.05, 0.1) is 17.9 Å². The van der Waals surface area contributed by atoms with E-state index < -0.39 is 5.97 Å². The van der Waals surface area contributed by atoms with Gasteiger partial charge in [-0.15, -0.1) is 5.10 Å². The second-order valence-electron chi connectivity index (χ2n) is 5.87. The largest absolute Gasteiger partial charge is 0.468 e. The highest BCUT2D eigenvalue weighted by atomic mass is 35.5. The van der Waals surface area contributed by atoms with E-state index in [0.717, 1.165) is 5.56 Å². The fourth-order valence-electron chi connectivity index (χ4n) is 3.09. The molecule has 136 valence electrons. The van der Waals surface area contributed by atoms with Crippen LogP contribution in [0.25, 0.3) is 0 Å². The molecule has 0 spiro atoms. The summed E-state index contributed by atoms with van der Waals surface area (Å²) in [6, 6.07) is 7.60. The van der Waals surface area contributed by atoms with Crippen molar-refractivity contribution in [3.05, 3.63) is 58.0 Å². The van der Waals surface area contributed by atoms with Gasteiger partial charge in [0, 0.05) is 11.4 Å². The maximum atomic E-state index is 12.2. The van der Waals surface area contributed by atoms with Crippen molar-refractivity contribution in [2.24, 2.45) is 21.7 Å². The Labute approximate surface area is 155 Å². The molecule has 0 amide bonds. The number of benzene rings is 1. The minimum Gasteiger partial charge on any atom is -0.468 e. The van der Waals surface area contributed by atoms with Gasteiger partial charge in [0.2, 0.25) is 5.96 Å². The van der Waals surface area contributed by atoms with Gasteiger partial charge in [0.15, 0.2) is 0 Å². The molecule has 8 heteroatoms. The molecule has 3 rings (SSSR count). The molecule has 26 heavy (non-hydrogen) atoms. The summed E-state index contributed by atoms with van der Waals surface area (Å²) in [7, 11) is 0. The second kappa shape index (κ2) is 7.61. The van der Waals surface area contributed by atoms with Gasteiger partial charge >= 0.3 is 5.97 Å². The van der Waals surface area contributed by atoms with E-state index in [1.807, 2.05) is 24.3 Å². The summed E-state index contributed by atoms with van der Waals surface area (Å²) in [6.45, 7) is 2.01. The molecule has 0 saturated carbocycles. The first-order valence-electron chi connectivity index (χ1n) is 8.19. The summed E-state index contributed by atoms with van der Waals surface area (Å²) in [5.74, 6) is 0.0327. The zero-order chi connectivity index (χ0) is 18.7. The number of hydrogen-bond donors (Lipinski definition) is 2. The van der Waals surface area contributed by atoms with Gasteiger partial charge in [-0.2, -0.15) is 5.10 Å². The third-order valence-corrected chi connectivity index (χ3v) is 4.50. The Morgan fingerprint density at radius 2 is 2.12 bits per heavy atom. The smallest absolute Gasteiger partial charge is 0.342 e. The maximum absolute atomic E-state index is 12.2. The molecule has 1 atom stereocenters. The van der Waals surface area contributed by atoms with Gasteiger partial charge in [-0.05, 0) is 30.9 Å². The van der Waals surface area contributed by atoms with Crippen LogP contribution in [0.1, 0.15) is 46.5 Å². The van der Waals surface area contributed by atoms with Crippen molar-refractivity contribution in [2.75, 3.05) is 6.61 Å². The average molecular weight is 375 g/mol. The van der Waals surface area contributed by atoms with Gasteiger partial charge in [-0.1, -0.05) is 29.8 Å². The number of guanidine groups is 1. The van der Waals surface area contributed by atoms with Crippen molar-refractivity contribution in [3.63, 3.8) is 0 Å². The average Bonchev–Trinajstić information content (AvgIpc) is 3.04. The first kappa shape index (κ1) is 18.0. The van der Waals surface area contributed by atoms with E-state index in [1.54, 1.807) is 6.92 Å². The highest BCUT2D eigenvalue weighted by Gasteiger charge is 2.33. The van der Waals surface area contributed by atoms with Crippen LogP contribution in [0.15, 0.2) is 45.1 Å². The molecular formula is C18H19ClN4O3. The quantitative estimate of drug-likeness (QED) is 0.369. The topological polar surface area (TPSA) is 116 Å². The van der Waals surface area contributed by atoms with E-state index in [-0.39, 0.29) is 18.5 Å². The summed E-state index contributed by atoms with van der Waals surface area (Å²) < 4.78 is 10.7. The lowest BCUT2D eigenvalue weighted by Gasteiger charge is -2.24. The van der Waals surface area contributed by atoms with E-state index in [2.05, 4.69) is 10.2 Å². The van der Waals surface area contributed by atoms with Crippen molar-refractivity contribution in [3.8, 4) is 0 Å². The van der Waals surface area contributed by atoms with Crippen LogP contribution in [0, 0.1) is 0 Å². The van der Waals surface area contributed by atoms with Crippen LogP contribution in [0.2, 0.25) is 5.02 Å². The first-order chi connectivity index (χ1) is 12.5. The Hall–Kier alpha value is -2.80. The Kier molecular flexibility index (Phi) is 5.27. The number of fused-ring (bicyclic) bond motifs is 1. The van der Waals surface area contributed by atoms with Gasteiger partial charge in [0.1, 0.15) is 17.6 Å². The highest BCUT2D eigenvalue weighted by Crippen LogP contribution is 2.38. The molecule has 4 N–H and O–H groups in total. The molecule has 0 radical (unpaired) electrons. The molecule has 2 aromatic rings. The van der Waals surface area contributed by atoms with Crippen LogP contribution in [-0.4, -0.2) is 24.2 Å². The Balaban J connectivity index is 2.06. The zero-order valence-electron chi connectivity index (χ0n) is 14.2. The molecule has 1 aliphatic carbocycles. The van der Waals surface area contributed by atoms with Crippen molar-refractivity contribution < 1.29 is 13.9 Å². The number of rotatable bonds is 4. The number of nitrogens with zero attached hydrogens (tertiary/aromatic N) is 2. The second-order valence-corrected chi connectivity index (χ2v) is 6.27. The van der Waals surface area contributed by atoms with Gasteiger partial charge in [-0.25, -0.2) is 4.79 Å². The van der Waals surface area contributed by atoms with E-state index in [4.69, 9.17) is 32.2 Å². The fourth-order valence-corrected chi connectivity index (χ4v) is 3.38. The van der Waals surface area contributed by atoms with E-state index >= 15 is 0 Å². The number of hydrogen-bond acceptors (Lipinski definition) is 5. The van der Waals surface area contributed by atoms with Crippen LogP contribution in [-0.2, 0) is 11.2 Å².